The minimum Gasteiger partial charge on any atom is -0.493 e. The Kier molecular flexibility index (Phi) is 5.92. The Hall–Kier alpha value is -2.42. The molecule has 0 radical (unpaired) electrons. The summed E-state index contributed by atoms with van der Waals surface area (Å²) in [5, 5.41) is 2.09. The zero-order valence-electron chi connectivity index (χ0n) is 18.0. The number of fused-ring (bicyclic) bond motifs is 1. The predicted molar refractivity (Wildman–Crippen MR) is 127 cm³/mol. The fraction of sp³-hybridized carbons (Fsp3) is 0.375. The van der Waals surface area contributed by atoms with Gasteiger partial charge in [0.25, 0.3) is 10.0 Å². The van der Waals surface area contributed by atoms with Crippen molar-refractivity contribution in [3.05, 3.63) is 70.7 Å². The van der Waals surface area contributed by atoms with Crippen molar-refractivity contribution >= 4 is 26.5 Å². The molecule has 3 aromatic rings. The number of hydrogen-bond acceptors (Lipinski definition) is 6. The second kappa shape index (κ2) is 8.84. The summed E-state index contributed by atoms with van der Waals surface area (Å²) < 4.78 is 34.1. The molecule has 2 atom stereocenters. The van der Waals surface area contributed by atoms with Crippen LogP contribution in [-0.4, -0.2) is 31.5 Å². The molecule has 2 aromatic carbocycles. The Morgan fingerprint density at radius 3 is 2.72 bits per heavy atom. The fourth-order valence-corrected chi connectivity index (χ4v) is 6.59. The van der Waals surface area contributed by atoms with Crippen LogP contribution in [0.2, 0.25) is 0 Å². The third-order valence-electron chi connectivity index (χ3n) is 6.36. The molecule has 1 saturated heterocycles. The van der Waals surface area contributed by atoms with Crippen molar-refractivity contribution in [2.75, 3.05) is 17.9 Å². The van der Waals surface area contributed by atoms with Crippen molar-refractivity contribution in [1.82, 2.24) is 9.88 Å². The van der Waals surface area contributed by atoms with Gasteiger partial charge in [-0.3, -0.25) is 9.62 Å². The van der Waals surface area contributed by atoms with Crippen LogP contribution in [0.25, 0.3) is 0 Å². The molecule has 2 aliphatic heterocycles. The first-order chi connectivity index (χ1) is 15.5. The molecule has 0 aliphatic carbocycles. The Morgan fingerprint density at radius 1 is 1.09 bits per heavy atom. The van der Waals surface area contributed by atoms with Gasteiger partial charge in [-0.15, -0.1) is 11.3 Å². The molecule has 8 heteroatoms. The number of aryl methyl sites for hydroxylation is 1. The summed E-state index contributed by atoms with van der Waals surface area (Å²) >= 11 is 1.25. The van der Waals surface area contributed by atoms with Crippen LogP contribution >= 0.6 is 11.3 Å². The molecule has 0 bridgehead atoms. The van der Waals surface area contributed by atoms with Gasteiger partial charge in [0.1, 0.15) is 5.75 Å². The Bertz CT molecular complexity index is 1180. The monoisotopic (exact) mass is 469 g/mol. The van der Waals surface area contributed by atoms with Gasteiger partial charge in [-0.1, -0.05) is 42.3 Å². The Balaban J connectivity index is 1.44. The fourth-order valence-electron chi connectivity index (χ4n) is 4.78. The Morgan fingerprint density at radius 2 is 1.94 bits per heavy atom. The highest BCUT2D eigenvalue weighted by Crippen LogP contribution is 2.44. The van der Waals surface area contributed by atoms with Crippen molar-refractivity contribution in [3.8, 4) is 5.75 Å². The molecule has 0 unspecified atom stereocenters. The van der Waals surface area contributed by atoms with E-state index in [0.717, 1.165) is 24.9 Å². The van der Waals surface area contributed by atoms with E-state index in [1.807, 2.05) is 6.07 Å². The molecule has 1 fully saturated rings. The number of aromatic nitrogens is 1. The lowest BCUT2D eigenvalue weighted by molar-refractivity contribution is 0.0668. The number of ether oxygens (including phenoxy) is 1. The van der Waals surface area contributed by atoms with Crippen molar-refractivity contribution < 1.29 is 13.2 Å². The first kappa shape index (κ1) is 21.4. The molecule has 0 amide bonds. The second-order valence-electron chi connectivity index (χ2n) is 8.46. The maximum absolute atomic E-state index is 12.8. The normalized spacial score (nSPS) is 21.5. The first-order valence-electron chi connectivity index (χ1n) is 11.0. The largest absolute Gasteiger partial charge is 0.493 e. The van der Waals surface area contributed by atoms with Gasteiger partial charge in [0, 0.05) is 41.7 Å². The highest BCUT2D eigenvalue weighted by atomic mass is 32.2. The van der Waals surface area contributed by atoms with Gasteiger partial charge >= 0.3 is 0 Å². The van der Waals surface area contributed by atoms with Crippen LogP contribution < -0.4 is 9.46 Å². The zero-order valence-corrected chi connectivity index (χ0v) is 19.7. The van der Waals surface area contributed by atoms with E-state index in [0.29, 0.717) is 23.5 Å². The summed E-state index contributed by atoms with van der Waals surface area (Å²) in [5.41, 5.74) is 3.70. The zero-order chi connectivity index (χ0) is 22.1. The second-order valence-corrected chi connectivity index (χ2v) is 11.0. The number of nitrogens with one attached hydrogen (secondary N) is 1. The van der Waals surface area contributed by atoms with Crippen LogP contribution in [0.15, 0.2) is 58.9 Å². The number of nitrogens with zero attached hydrogens (tertiary/aromatic N) is 2. The van der Waals surface area contributed by atoms with E-state index in [1.165, 1.54) is 35.3 Å². The third-order valence-corrected chi connectivity index (χ3v) is 8.52. The van der Waals surface area contributed by atoms with Gasteiger partial charge in [0.05, 0.1) is 11.5 Å². The highest BCUT2D eigenvalue weighted by molar-refractivity contribution is 7.93. The van der Waals surface area contributed by atoms with Gasteiger partial charge in [-0.05, 0) is 37.9 Å². The van der Waals surface area contributed by atoms with Crippen LogP contribution in [0, 0.1) is 6.92 Å². The lowest BCUT2D eigenvalue weighted by Crippen LogP contribution is -2.38. The van der Waals surface area contributed by atoms with E-state index in [-0.39, 0.29) is 10.9 Å². The number of rotatable bonds is 5. The van der Waals surface area contributed by atoms with Crippen molar-refractivity contribution in [2.24, 2.45) is 0 Å². The van der Waals surface area contributed by atoms with Gasteiger partial charge in [-0.2, -0.15) is 0 Å². The number of benzene rings is 2. The molecule has 1 aromatic heterocycles. The standard InChI is InChI=1S/C24H27N3O3S2/c1-17-5-7-18(8-6-17)21-4-2-3-13-27(21)22-11-14-30-23-16-19(9-10-20(22)23)32(28,29)26-24-25-12-15-31-24/h5-10,12,15-16,21-22H,2-4,11,13-14H2,1H3,(H,25,26)/t21-,22-/m0/s1. The van der Waals surface area contributed by atoms with Crippen LogP contribution in [0.3, 0.4) is 0 Å². The average molecular weight is 470 g/mol. The summed E-state index contributed by atoms with van der Waals surface area (Å²) in [6.07, 6.45) is 6.02. The van der Waals surface area contributed by atoms with Gasteiger partial charge in [-0.25, -0.2) is 13.4 Å². The Labute approximate surface area is 193 Å². The summed E-state index contributed by atoms with van der Waals surface area (Å²) in [5.74, 6) is 0.663. The molecule has 5 rings (SSSR count). The van der Waals surface area contributed by atoms with Crippen LogP contribution in [0.4, 0.5) is 5.13 Å². The molecule has 1 N–H and O–H groups in total. The summed E-state index contributed by atoms with van der Waals surface area (Å²) in [7, 11) is -3.71. The number of anilines is 1. The van der Waals surface area contributed by atoms with E-state index >= 15 is 0 Å². The van der Waals surface area contributed by atoms with Gasteiger partial charge in [0.15, 0.2) is 5.13 Å². The van der Waals surface area contributed by atoms with Crippen molar-refractivity contribution in [2.45, 2.75) is 49.6 Å². The minimum atomic E-state index is -3.71. The smallest absolute Gasteiger partial charge is 0.263 e. The van der Waals surface area contributed by atoms with Gasteiger partial charge < -0.3 is 4.74 Å². The number of hydrogen-bond donors (Lipinski definition) is 1. The quantitative estimate of drug-likeness (QED) is 0.549. The maximum atomic E-state index is 12.8. The van der Waals surface area contributed by atoms with E-state index < -0.39 is 10.0 Å². The number of sulfonamides is 1. The van der Waals surface area contributed by atoms with Crippen molar-refractivity contribution in [1.29, 1.82) is 0 Å². The molecular formula is C24H27N3O3S2. The molecule has 3 heterocycles. The predicted octanol–water partition coefficient (Wildman–Crippen LogP) is 5.30. The molecular weight excluding hydrogens is 442 g/mol. The lowest BCUT2D eigenvalue weighted by atomic mass is 9.89. The molecule has 0 spiro atoms. The van der Waals surface area contributed by atoms with E-state index in [4.69, 9.17) is 4.74 Å². The van der Waals surface area contributed by atoms with Crippen molar-refractivity contribution in [3.63, 3.8) is 0 Å². The first-order valence-corrected chi connectivity index (χ1v) is 13.4. The number of likely N-dealkylation sites (tertiary alicyclic amines) is 1. The lowest BCUT2D eigenvalue weighted by Gasteiger charge is -2.43. The molecule has 32 heavy (non-hydrogen) atoms. The van der Waals surface area contributed by atoms with E-state index in [9.17, 15) is 8.42 Å². The maximum Gasteiger partial charge on any atom is 0.263 e. The summed E-state index contributed by atoms with van der Waals surface area (Å²) in [6, 6.07) is 14.7. The topological polar surface area (TPSA) is 71.5 Å². The number of thiazole rings is 1. The molecule has 168 valence electrons. The summed E-state index contributed by atoms with van der Waals surface area (Å²) in [6.45, 7) is 3.73. The van der Waals surface area contributed by atoms with Crippen LogP contribution in [-0.2, 0) is 10.0 Å². The van der Waals surface area contributed by atoms with E-state index in [1.54, 1.807) is 23.7 Å². The van der Waals surface area contributed by atoms with E-state index in [2.05, 4.69) is 45.8 Å². The van der Waals surface area contributed by atoms with Crippen LogP contribution in [0.5, 0.6) is 5.75 Å². The molecule has 0 saturated carbocycles. The SMILES string of the molecule is Cc1ccc([C@@H]2CCCCN2[C@H]2CCOc3cc(S(=O)(=O)Nc4nccs4)ccc32)cc1. The molecule has 6 nitrogen and oxygen atoms in total. The minimum absolute atomic E-state index is 0.195. The third kappa shape index (κ3) is 4.27. The van der Waals surface area contributed by atoms with Crippen LogP contribution in [0.1, 0.15) is 54.5 Å². The average Bonchev–Trinajstić information content (AvgIpc) is 3.31. The number of piperidine rings is 1. The van der Waals surface area contributed by atoms with Gasteiger partial charge in [0.2, 0.25) is 0 Å². The summed E-state index contributed by atoms with van der Waals surface area (Å²) in [4.78, 5) is 6.81. The molecule has 2 aliphatic rings. The highest BCUT2D eigenvalue weighted by Gasteiger charge is 2.34.